The first-order chi connectivity index (χ1) is 12.4. The Kier molecular flexibility index (Phi) is 6.20. The molecule has 0 atom stereocenters. The Labute approximate surface area is 147 Å². The summed E-state index contributed by atoms with van der Waals surface area (Å²) in [5.41, 5.74) is -0.287. The molecule has 26 heavy (non-hydrogen) atoms. The summed E-state index contributed by atoms with van der Waals surface area (Å²) in [6.45, 7) is -0.656. The molecule has 0 aliphatic rings. The van der Waals surface area contributed by atoms with Gasteiger partial charge in [0.15, 0.2) is 6.61 Å². The van der Waals surface area contributed by atoms with E-state index in [0.29, 0.717) is 0 Å². The fraction of sp³-hybridized carbons (Fsp3) is 0.176. The van der Waals surface area contributed by atoms with Crippen LogP contribution in [0.4, 0.5) is 15.8 Å². The fourth-order valence-corrected chi connectivity index (χ4v) is 2.08. The summed E-state index contributed by atoms with van der Waals surface area (Å²) in [5, 5.41) is 13.3. The normalized spacial score (nSPS) is 10.1. The number of nitrogens with one attached hydrogen (secondary N) is 1. The molecule has 0 heterocycles. The lowest BCUT2D eigenvalue weighted by atomic mass is 10.1. The SMILES string of the molecule is COc1ccc(NC(=O)COC(=O)Cc2ccccc2F)c([N+](=O)[O-])c1. The van der Waals surface area contributed by atoms with E-state index in [-0.39, 0.29) is 29.1 Å². The van der Waals surface area contributed by atoms with Crippen molar-refractivity contribution < 1.29 is 28.4 Å². The number of rotatable bonds is 7. The number of anilines is 1. The van der Waals surface area contributed by atoms with Crippen molar-refractivity contribution in [3.05, 3.63) is 64.0 Å². The number of nitro groups is 1. The number of nitro benzene ring substituents is 1. The van der Waals surface area contributed by atoms with Crippen LogP contribution in [-0.2, 0) is 20.7 Å². The molecule has 0 aliphatic carbocycles. The predicted octanol–water partition coefficient (Wildman–Crippen LogP) is 2.47. The number of amides is 1. The van der Waals surface area contributed by atoms with Gasteiger partial charge in [-0.15, -0.1) is 0 Å². The Balaban J connectivity index is 1.94. The standard InChI is InChI=1S/C17H15FN2O6/c1-25-12-6-7-14(15(9-12)20(23)24)19-16(21)10-26-17(22)8-11-4-2-3-5-13(11)18/h2-7,9H,8,10H2,1H3,(H,19,21). The molecule has 0 bridgehead atoms. The Morgan fingerprint density at radius 2 is 1.96 bits per heavy atom. The molecule has 0 fully saturated rings. The second-order valence-electron chi connectivity index (χ2n) is 5.12. The average molecular weight is 362 g/mol. The fourth-order valence-electron chi connectivity index (χ4n) is 2.08. The van der Waals surface area contributed by atoms with E-state index in [4.69, 9.17) is 9.47 Å². The van der Waals surface area contributed by atoms with Crippen LogP contribution in [-0.4, -0.2) is 30.5 Å². The van der Waals surface area contributed by atoms with Gasteiger partial charge in [0.2, 0.25) is 0 Å². The lowest BCUT2D eigenvalue weighted by Gasteiger charge is -2.08. The lowest BCUT2D eigenvalue weighted by Crippen LogP contribution is -2.22. The van der Waals surface area contributed by atoms with Gasteiger partial charge in [0.1, 0.15) is 17.3 Å². The smallest absolute Gasteiger partial charge is 0.310 e. The van der Waals surface area contributed by atoms with Crippen LogP contribution >= 0.6 is 0 Å². The van der Waals surface area contributed by atoms with Gasteiger partial charge in [-0.2, -0.15) is 0 Å². The van der Waals surface area contributed by atoms with Gasteiger partial charge in [-0.05, 0) is 23.8 Å². The molecule has 0 saturated heterocycles. The Morgan fingerprint density at radius 3 is 2.62 bits per heavy atom. The summed E-state index contributed by atoms with van der Waals surface area (Å²) in [6.07, 6.45) is -0.331. The van der Waals surface area contributed by atoms with Crippen molar-refractivity contribution in [3.63, 3.8) is 0 Å². The highest BCUT2D eigenvalue weighted by molar-refractivity contribution is 5.95. The summed E-state index contributed by atoms with van der Waals surface area (Å²) in [7, 11) is 1.35. The summed E-state index contributed by atoms with van der Waals surface area (Å²) in [5.74, 6) is -1.86. The maximum atomic E-state index is 13.5. The number of methoxy groups -OCH3 is 1. The molecular formula is C17H15FN2O6. The third kappa shape index (κ3) is 5.00. The number of benzene rings is 2. The van der Waals surface area contributed by atoms with Crippen LogP contribution in [0.15, 0.2) is 42.5 Å². The van der Waals surface area contributed by atoms with Gasteiger partial charge in [-0.25, -0.2) is 4.39 Å². The van der Waals surface area contributed by atoms with Crippen molar-refractivity contribution in [2.75, 3.05) is 19.0 Å². The molecule has 2 aromatic carbocycles. The Bertz CT molecular complexity index is 840. The van der Waals surface area contributed by atoms with E-state index < -0.39 is 29.2 Å². The highest BCUT2D eigenvalue weighted by atomic mass is 19.1. The second-order valence-corrected chi connectivity index (χ2v) is 5.12. The minimum atomic E-state index is -0.797. The first kappa shape index (κ1) is 18.8. The van der Waals surface area contributed by atoms with Crippen LogP contribution in [0, 0.1) is 15.9 Å². The number of halogens is 1. The summed E-state index contributed by atoms with van der Waals surface area (Å²) < 4.78 is 23.1. The number of ether oxygens (including phenoxy) is 2. The number of esters is 1. The van der Waals surface area contributed by atoms with Gasteiger partial charge in [0.05, 0.1) is 24.5 Å². The zero-order valence-electron chi connectivity index (χ0n) is 13.7. The first-order valence-corrected chi connectivity index (χ1v) is 7.42. The molecule has 8 nitrogen and oxygen atoms in total. The van der Waals surface area contributed by atoms with Crippen molar-refractivity contribution in [3.8, 4) is 5.75 Å². The number of carbonyl (C=O) groups excluding carboxylic acids is 2. The zero-order valence-corrected chi connectivity index (χ0v) is 13.7. The third-order valence-corrected chi connectivity index (χ3v) is 3.33. The van der Waals surface area contributed by atoms with Gasteiger partial charge < -0.3 is 14.8 Å². The molecule has 1 N–H and O–H groups in total. The molecule has 0 saturated carbocycles. The Hall–Kier alpha value is -3.49. The topological polar surface area (TPSA) is 108 Å². The molecule has 0 spiro atoms. The molecule has 0 unspecified atom stereocenters. The molecule has 2 rings (SSSR count). The monoisotopic (exact) mass is 362 g/mol. The average Bonchev–Trinajstić information content (AvgIpc) is 2.62. The van der Waals surface area contributed by atoms with Crippen molar-refractivity contribution in [1.29, 1.82) is 0 Å². The van der Waals surface area contributed by atoms with Gasteiger partial charge in [0, 0.05) is 0 Å². The Morgan fingerprint density at radius 1 is 1.23 bits per heavy atom. The van der Waals surface area contributed by atoms with Gasteiger partial charge >= 0.3 is 5.97 Å². The number of hydrogen-bond acceptors (Lipinski definition) is 6. The molecule has 136 valence electrons. The molecule has 9 heteroatoms. The van der Waals surface area contributed by atoms with Crippen LogP contribution in [0.25, 0.3) is 0 Å². The van der Waals surface area contributed by atoms with E-state index >= 15 is 0 Å². The van der Waals surface area contributed by atoms with Gasteiger partial charge in [0.25, 0.3) is 11.6 Å². The third-order valence-electron chi connectivity index (χ3n) is 3.33. The van der Waals surface area contributed by atoms with E-state index in [1.807, 2.05) is 0 Å². The highest BCUT2D eigenvalue weighted by Crippen LogP contribution is 2.28. The molecule has 0 aliphatic heterocycles. The minimum Gasteiger partial charge on any atom is -0.496 e. The number of hydrogen-bond donors (Lipinski definition) is 1. The van der Waals surface area contributed by atoms with Crippen LogP contribution in [0.2, 0.25) is 0 Å². The van der Waals surface area contributed by atoms with Crippen LogP contribution in [0.3, 0.4) is 0 Å². The minimum absolute atomic E-state index is 0.0639. The van der Waals surface area contributed by atoms with Crippen LogP contribution in [0.5, 0.6) is 5.75 Å². The van der Waals surface area contributed by atoms with E-state index in [0.717, 1.165) is 6.07 Å². The quantitative estimate of drug-likeness (QED) is 0.460. The van der Waals surface area contributed by atoms with E-state index in [2.05, 4.69) is 5.32 Å². The highest BCUT2D eigenvalue weighted by Gasteiger charge is 2.18. The second kappa shape index (κ2) is 8.56. The molecule has 2 aromatic rings. The van der Waals surface area contributed by atoms with E-state index in [1.165, 1.54) is 37.4 Å². The van der Waals surface area contributed by atoms with Gasteiger partial charge in [-0.3, -0.25) is 19.7 Å². The van der Waals surface area contributed by atoms with Crippen LogP contribution in [0.1, 0.15) is 5.56 Å². The van der Waals surface area contributed by atoms with E-state index in [1.54, 1.807) is 6.07 Å². The van der Waals surface area contributed by atoms with Crippen LogP contribution < -0.4 is 10.1 Å². The molecule has 1 amide bonds. The predicted molar refractivity (Wildman–Crippen MR) is 89.3 cm³/mol. The molecular weight excluding hydrogens is 347 g/mol. The van der Waals surface area contributed by atoms with E-state index in [9.17, 15) is 24.1 Å². The summed E-state index contributed by atoms with van der Waals surface area (Å²) in [4.78, 5) is 33.9. The maximum Gasteiger partial charge on any atom is 0.310 e. The number of nitrogens with zero attached hydrogens (tertiary/aromatic N) is 1. The molecule has 0 aromatic heterocycles. The van der Waals surface area contributed by atoms with Crippen molar-refractivity contribution in [1.82, 2.24) is 0 Å². The largest absolute Gasteiger partial charge is 0.496 e. The molecule has 0 radical (unpaired) electrons. The van der Waals surface area contributed by atoms with Crippen molar-refractivity contribution in [2.24, 2.45) is 0 Å². The summed E-state index contributed by atoms with van der Waals surface area (Å²) in [6, 6.07) is 9.58. The number of carbonyl (C=O) groups is 2. The zero-order chi connectivity index (χ0) is 19.1. The lowest BCUT2D eigenvalue weighted by molar-refractivity contribution is -0.384. The maximum absolute atomic E-state index is 13.5. The van der Waals surface area contributed by atoms with Gasteiger partial charge in [-0.1, -0.05) is 18.2 Å². The van der Waals surface area contributed by atoms with Crippen molar-refractivity contribution in [2.45, 2.75) is 6.42 Å². The summed E-state index contributed by atoms with van der Waals surface area (Å²) >= 11 is 0. The van der Waals surface area contributed by atoms with Crippen molar-refractivity contribution >= 4 is 23.3 Å². The first-order valence-electron chi connectivity index (χ1n) is 7.42.